The van der Waals surface area contributed by atoms with Gasteiger partial charge in [-0.05, 0) is 24.1 Å². The summed E-state index contributed by atoms with van der Waals surface area (Å²) in [5, 5.41) is 12.3. The Kier molecular flexibility index (Phi) is 4.80. The van der Waals surface area contributed by atoms with E-state index in [1.165, 1.54) is 6.33 Å². The van der Waals surface area contributed by atoms with E-state index in [0.717, 1.165) is 12.4 Å². The lowest BCUT2D eigenvalue weighted by molar-refractivity contribution is 0.282. The summed E-state index contributed by atoms with van der Waals surface area (Å²) in [6, 6.07) is 4.98. The normalized spacial score (nSPS) is 10.9. The lowest BCUT2D eigenvalue weighted by atomic mass is 10.2. The van der Waals surface area contributed by atoms with Gasteiger partial charge >= 0.3 is 0 Å². The van der Waals surface area contributed by atoms with E-state index in [0.29, 0.717) is 22.3 Å². The summed E-state index contributed by atoms with van der Waals surface area (Å²) in [4.78, 5) is 4.19. The first kappa shape index (κ1) is 15.3. The first-order valence-corrected chi connectivity index (χ1v) is 6.98. The van der Waals surface area contributed by atoms with Gasteiger partial charge in [-0.3, -0.25) is 5.41 Å². The van der Waals surface area contributed by atoms with Crippen LogP contribution in [0.15, 0.2) is 24.5 Å². The Morgan fingerprint density at radius 2 is 2.24 bits per heavy atom. The molecule has 2 rings (SSSR count). The third-order valence-electron chi connectivity index (χ3n) is 2.82. The van der Waals surface area contributed by atoms with Gasteiger partial charge in [-0.1, -0.05) is 25.4 Å². The van der Waals surface area contributed by atoms with E-state index in [-0.39, 0.29) is 12.4 Å². The highest BCUT2D eigenvalue weighted by Crippen LogP contribution is 2.23. The molecule has 0 aliphatic carbocycles. The minimum Gasteiger partial charge on any atom is -0.485 e. The molecule has 0 saturated carbocycles. The number of halogens is 1. The predicted octanol–water partition coefficient (Wildman–Crippen LogP) is 2.45. The molecule has 0 spiro atoms. The van der Waals surface area contributed by atoms with Gasteiger partial charge in [0.1, 0.15) is 24.5 Å². The molecule has 0 unspecified atom stereocenters. The number of amidine groups is 1. The number of hydrogen-bond donors (Lipinski definition) is 2. The number of nitrogens with zero attached hydrogens (tertiary/aromatic N) is 3. The Hall–Kier alpha value is -2.08. The van der Waals surface area contributed by atoms with Crippen LogP contribution in [-0.2, 0) is 13.2 Å². The number of benzene rings is 1. The molecule has 0 atom stereocenters. The van der Waals surface area contributed by atoms with Crippen molar-refractivity contribution in [1.82, 2.24) is 14.8 Å². The molecule has 0 bridgehead atoms. The highest BCUT2D eigenvalue weighted by atomic mass is 35.5. The summed E-state index contributed by atoms with van der Waals surface area (Å²) in [6.07, 6.45) is 1.50. The number of nitrogens with two attached hydrogens (primary N) is 1. The molecule has 0 saturated heterocycles. The Balaban J connectivity index is 2.15. The van der Waals surface area contributed by atoms with Crippen LogP contribution >= 0.6 is 11.6 Å². The van der Waals surface area contributed by atoms with Crippen LogP contribution in [0.1, 0.15) is 25.2 Å². The fourth-order valence-corrected chi connectivity index (χ4v) is 2.04. The van der Waals surface area contributed by atoms with Crippen LogP contribution in [0.25, 0.3) is 0 Å². The Morgan fingerprint density at radius 1 is 1.48 bits per heavy atom. The van der Waals surface area contributed by atoms with Crippen molar-refractivity contribution in [3.8, 4) is 5.75 Å². The number of hydrogen-bond acceptors (Lipinski definition) is 4. The van der Waals surface area contributed by atoms with Gasteiger partial charge in [0.2, 0.25) is 0 Å². The van der Waals surface area contributed by atoms with Gasteiger partial charge in [-0.25, -0.2) is 9.67 Å². The van der Waals surface area contributed by atoms with E-state index in [2.05, 4.69) is 23.9 Å². The SMILES string of the molecule is CC(C)Cn1ncnc1COc1cc(Cl)ccc1C(=N)N. The molecule has 6 nitrogen and oxygen atoms in total. The molecule has 1 heterocycles. The maximum Gasteiger partial charge on any atom is 0.164 e. The minimum atomic E-state index is -0.0645. The van der Waals surface area contributed by atoms with E-state index in [1.54, 1.807) is 18.2 Å². The van der Waals surface area contributed by atoms with Crippen LogP contribution in [-0.4, -0.2) is 20.6 Å². The van der Waals surface area contributed by atoms with E-state index >= 15 is 0 Å². The number of nitrogens with one attached hydrogen (secondary N) is 1. The molecule has 112 valence electrons. The van der Waals surface area contributed by atoms with Gasteiger partial charge in [0.15, 0.2) is 5.82 Å². The van der Waals surface area contributed by atoms with Crippen LogP contribution in [0.2, 0.25) is 5.02 Å². The molecule has 21 heavy (non-hydrogen) atoms. The zero-order valence-corrected chi connectivity index (χ0v) is 12.8. The zero-order chi connectivity index (χ0) is 15.4. The number of ether oxygens (including phenoxy) is 1. The number of aromatic nitrogens is 3. The molecule has 1 aromatic carbocycles. The van der Waals surface area contributed by atoms with Crippen molar-refractivity contribution >= 4 is 17.4 Å². The predicted molar refractivity (Wildman–Crippen MR) is 81.7 cm³/mol. The molecule has 0 aliphatic rings. The third kappa shape index (κ3) is 3.95. The maximum absolute atomic E-state index is 7.56. The second-order valence-corrected chi connectivity index (χ2v) is 5.53. The summed E-state index contributed by atoms with van der Waals surface area (Å²) in [5.74, 6) is 1.59. The second-order valence-electron chi connectivity index (χ2n) is 5.10. The van der Waals surface area contributed by atoms with Crippen molar-refractivity contribution in [2.75, 3.05) is 0 Å². The van der Waals surface area contributed by atoms with E-state index in [1.807, 2.05) is 4.68 Å². The molecule has 0 amide bonds. The van der Waals surface area contributed by atoms with Crippen molar-refractivity contribution in [2.45, 2.75) is 27.0 Å². The van der Waals surface area contributed by atoms with Crippen molar-refractivity contribution in [3.05, 3.63) is 40.9 Å². The molecule has 7 heteroatoms. The lowest BCUT2D eigenvalue weighted by Crippen LogP contribution is -2.15. The second kappa shape index (κ2) is 6.58. The molecular formula is C14H18ClN5O. The van der Waals surface area contributed by atoms with Crippen LogP contribution in [0.5, 0.6) is 5.75 Å². The molecule has 0 radical (unpaired) electrons. The van der Waals surface area contributed by atoms with Gasteiger partial charge < -0.3 is 10.5 Å². The first-order chi connectivity index (χ1) is 9.97. The summed E-state index contributed by atoms with van der Waals surface area (Å²) in [6.45, 7) is 5.23. The highest BCUT2D eigenvalue weighted by molar-refractivity contribution is 6.30. The van der Waals surface area contributed by atoms with Gasteiger partial charge in [0.25, 0.3) is 0 Å². The topological polar surface area (TPSA) is 89.8 Å². The van der Waals surface area contributed by atoms with Gasteiger partial charge in [0, 0.05) is 11.6 Å². The van der Waals surface area contributed by atoms with Gasteiger partial charge in [-0.15, -0.1) is 0 Å². The van der Waals surface area contributed by atoms with Crippen LogP contribution in [0, 0.1) is 11.3 Å². The summed E-state index contributed by atoms with van der Waals surface area (Å²) < 4.78 is 7.53. The fourth-order valence-electron chi connectivity index (χ4n) is 1.88. The van der Waals surface area contributed by atoms with Crippen LogP contribution in [0.4, 0.5) is 0 Å². The monoisotopic (exact) mass is 307 g/mol. The summed E-state index contributed by atoms with van der Waals surface area (Å²) in [5.41, 5.74) is 6.05. The molecule has 3 N–H and O–H groups in total. The maximum atomic E-state index is 7.56. The minimum absolute atomic E-state index is 0.0645. The number of nitrogen functional groups attached to an aromatic ring is 1. The molecule has 0 aliphatic heterocycles. The Labute approximate surface area is 128 Å². The molecular weight excluding hydrogens is 290 g/mol. The smallest absolute Gasteiger partial charge is 0.164 e. The summed E-state index contributed by atoms with van der Waals surface area (Å²) in [7, 11) is 0. The van der Waals surface area contributed by atoms with Gasteiger partial charge in [0.05, 0.1) is 5.56 Å². The molecule has 1 aromatic heterocycles. The Bertz CT molecular complexity index is 638. The average molecular weight is 308 g/mol. The Morgan fingerprint density at radius 3 is 2.90 bits per heavy atom. The average Bonchev–Trinajstić information content (AvgIpc) is 2.82. The molecule has 0 fully saturated rings. The zero-order valence-electron chi connectivity index (χ0n) is 12.0. The van der Waals surface area contributed by atoms with Crippen molar-refractivity contribution < 1.29 is 4.74 Å². The van der Waals surface area contributed by atoms with Crippen molar-refractivity contribution in [2.24, 2.45) is 11.7 Å². The van der Waals surface area contributed by atoms with Crippen LogP contribution < -0.4 is 10.5 Å². The fraction of sp³-hybridized carbons (Fsp3) is 0.357. The molecule has 2 aromatic rings. The highest BCUT2D eigenvalue weighted by Gasteiger charge is 2.11. The van der Waals surface area contributed by atoms with E-state index in [4.69, 9.17) is 27.5 Å². The van der Waals surface area contributed by atoms with Crippen molar-refractivity contribution in [3.63, 3.8) is 0 Å². The largest absolute Gasteiger partial charge is 0.485 e. The van der Waals surface area contributed by atoms with Gasteiger partial charge in [-0.2, -0.15) is 5.10 Å². The van der Waals surface area contributed by atoms with E-state index < -0.39 is 0 Å². The quantitative estimate of drug-likeness (QED) is 0.633. The van der Waals surface area contributed by atoms with Crippen molar-refractivity contribution in [1.29, 1.82) is 5.41 Å². The lowest BCUT2D eigenvalue weighted by Gasteiger charge is -2.12. The standard InChI is InChI=1S/C14H18ClN5O/c1-9(2)6-20-13(18-8-19-20)7-21-12-5-10(15)3-4-11(12)14(16)17/h3-5,8-9H,6-7H2,1-2H3,(H3,16,17). The summed E-state index contributed by atoms with van der Waals surface area (Å²) >= 11 is 5.96. The van der Waals surface area contributed by atoms with E-state index in [9.17, 15) is 0 Å². The first-order valence-electron chi connectivity index (χ1n) is 6.60. The third-order valence-corrected chi connectivity index (χ3v) is 3.06. The number of rotatable bonds is 6. The van der Waals surface area contributed by atoms with Crippen LogP contribution in [0.3, 0.4) is 0 Å².